The van der Waals surface area contributed by atoms with Gasteiger partial charge in [0.2, 0.25) is 0 Å². The van der Waals surface area contributed by atoms with Crippen LogP contribution < -0.4 is 9.80 Å². The molecule has 1 heterocycles. The molecule has 1 aromatic heterocycles. The van der Waals surface area contributed by atoms with Crippen molar-refractivity contribution in [1.29, 1.82) is 0 Å². The Morgan fingerprint density at radius 1 is 0.481 bits per heavy atom. The predicted octanol–water partition coefficient (Wildman–Crippen LogP) is 14.4. The Morgan fingerprint density at radius 2 is 1.02 bits per heavy atom. The van der Waals surface area contributed by atoms with Crippen molar-refractivity contribution in [3.63, 3.8) is 0 Å². The molecule has 0 fully saturated rings. The molecule has 0 atom stereocenters. The number of para-hydroxylation sites is 3. The molecule has 258 valence electrons. The van der Waals surface area contributed by atoms with Gasteiger partial charge in [0.25, 0.3) is 0 Å². The van der Waals surface area contributed by atoms with Crippen molar-refractivity contribution in [1.82, 2.24) is 4.98 Å². The van der Waals surface area contributed by atoms with Crippen LogP contribution in [0.3, 0.4) is 0 Å². The first kappa shape index (κ1) is 32.2. The number of nitrogens with zero attached hydrogens (tertiary/aromatic N) is 3. The Morgan fingerprint density at radius 3 is 1.67 bits per heavy atom. The topological polar surface area (TPSA) is 19.4 Å². The fraction of sp³-hybridized carbons (Fsp3) is 0.0600. The molecule has 1 aliphatic carbocycles. The van der Waals surface area contributed by atoms with Crippen LogP contribution in [0.1, 0.15) is 25.0 Å². The van der Waals surface area contributed by atoms with E-state index in [2.05, 4.69) is 212 Å². The molecule has 3 nitrogen and oxygen atoms in total. The van der Waals surface area contributed by atoms with Gasteiger partial charge >= 0.3 is 0 Å². The molecular weight excluding hydrogens is 675 g/mol. The van der Waals surface area contributed by atoms with Crippen LogP contribution in [0.2, 0.25) is 0 Å². The molecule has 0 aliphatic heterocycles. The van der Waals surface area contributed by atoms with Crippen molar-refractivity contribution in [3.8, 4) is 21.7 Å². The van der Waals surface area contributed by atoms with Crippen molar-refractivity contribution >= 4 is 66.5 Å². The molecule has 54 heavy (non-hydrogen) atoms. The molecular formula is C50H37N3S. The van der Waals surface area contributed by atoms with E-state index in [4.69, 9.17) is 4.98 Å². The number of hydrogen-bond donors (Lipinski definition) is 0. The van der Waals surface area contributed by atoms with Crippen molar-refractivity contribution in [2.75, 3.05) is 9.80 Å². The minimum Gasteiger partial charge on any atom is -0.310 e. The summed E-state index contributed by atoms with van der Waals surface area (Å²) < 4.78 is 1.21. The van der Waals surface area contributed by atoms with Crippen LogP contribution in [0.25, 0.3) is 42.7 Å². The van der Waals surface area contributed by atoms with Gasteiger partial charge in [0, 0.05) is 50.4 Å². The van der Waals surface area contributed by atoms with E-state index >= 15 is 0 Å². The van der Waals surface area contributed by atoms with Gasteiger partial charge in [-0.15, -0.1) is 11.3 Å². The van der Waals surface area contributed by atoms with Crippen molar-refractivity contribution in [3.05, 3.63) is 199 Å². The Kier molecular flexibility index (Phi) is 7.67. The standard InChI is InChI=1S/C50H37N3S/c1-50(2)43-29-16-15-28-41(43)46-45(33-42-40(47(46)50)30-31-44-48(42)54-49(51-44)34-18-7-3-8-19-34)53(37-24-13-6-14-25-37)39-27-17-26-38(32-39)52(35-20-9-4-10-21-35)36-22-11-5-12-23-36/h3-33H,1-2H3. The zero-order chi connectivity index (χ0) is 36.2. The molecule has 0 unspecified atom stereocenters. The normalized spacial score (nSPS) is 12.8. The Hall–Kier alpha value is -6.49. The van der Waals surface area contributed by atoms with Crippen LogP contribution in [-0.4, -0.2) is 4.98 Å². The summed E-state index contributed by atoms with van der Waals surface area (Å²) in [5.74, 6) is 0. The van der Waals surface area contributed by atoms with E-state index in [1.807, 2.05) is 0 Å². The summed E-state index contributed by atoms with van der Waals surface area (Å²) in [5.41, 5.74) is 13.9. The van der Waals surface area contributed by atoms with Gasteiger partial charge in [0.1, 0.15) is 5.01 Å². The lowest BCUT2D eigenvalue weighted by atomic mass is 9.80. The summed E-state index contributed by atoms with van der Waals surface area (Å²) in [4.78, 5) is 9.98. The maximum atomic E-state index is 5.18. The number of anilines is 6. The molecule has 0 saturated heterocycles. The van der Waals surface area contributed by atoms with Crippen LogP contribution >= 0.6 is 11.3 Å². The lowest BCUT2D eigenvalue weighted by Gasteiger charge is -2.31. The summed E-state index contributed by atoms with van der Waals surface area (Å²) in [5, 5.41) is 3.55. The molecule has 0 amide bonds. The second kappa shape index (κ2) is 12.9. The summed E-state index contributed by atoms with van der Waals surface area (Å²) in [6.07, 6.45) is 0. The molecule has 9 aromatic rings. The van der Waals surface area contributed by atoms with E-state index in [0.29, 0.717) is 0 Å². The van der Waals surface area contributed by atoms with E-state index < -0.39 is 0 Å². The third-order valence-corrected chi connectivity index (χ3v) is 12.0. The van der Waals surface area contributed by atoms with Crippen molar-refractivity contribution in [2.45, 2.75) is 19.3 Å². The highest BCUT2D eigenvalue weighted by atomic mass is 32.1. The SMILES string of the molecule is CC1(C)c2ccccc2-c2c(N(c3ccccc3)c3cccc(N(c4ccccc4)c4ccccc4)c3)cc3c(ccc4nc(-c5ccccc5)sc43)c21. The molecule has 0 bridgehead atoms. The van der Waals surface area contributed by atoms with E-state index in [0.717, 1.165) is 50.2 Å². The van der Waals surface area contributed by atoms with Gasteiger partial charge in [0.15, 0.2) is 0 Å². The van der Waals surface area contributed by atoms with Crippen LogP contribution in [0.4, 0.5) is 34.1 Å². The molecule has 8 aromatic carbocycles. The lowest BCUT2D eigenvalue weighted by molar-refractivity contribution is 0.666. The van der Waals surface area contributed by atoms with E-state index in [1.165, 1.54) is 37.7 Å². The smallest absolute Gasteiger partial charge is 0.124 e. The monoisotopic (exact) mass is 711 g/mol. The van der Waals surface area contributed by atoms with Crippen molar-refractivity contribution < 1.29 is 0 Å². The number of rotatable bonds is 7. The van der Waals surface area contributed by atoms with Gasteiger partial charge in [-0.1, -0.05) is 135 Å². The molecule has 0 N–H and O–H groups in total. The highest BCUT2D eigenvalue weighted by Gasteiger charge is 2.40. The molecule has 0 radical (unpaired) electrons. The van der Waals surface area contributed by atoms with E-state index in [9.17, 15) is 0 Å². The predicted molar refractivity (Wildman–Crippen MR) is 229 cm³/mol. The van der Waals surface area contributed by atoms with E-state index in [1.54, 1.807) is 11.3 Å². The maximum Gasteiger partial charge on any atom is 0.124 e. The quantitative estimate of drug-likeness (QED) is 0.164. The minimum absolute atomic E-state index is 0.220. The number of aromatic nitrogens is 1. The minimum atomic E-state index is -0.220. The van der Waals surface area contributed by atoms with E-state index in [-0.39, 0.29) is 5.41 Å². The number of benzene rings is 8. The molecule has 4 heteroatoms. The molecule has 10 rings (SSSR count). The maximum absolute atomic E-state index is 5.18. The Bertz CT molecular complexity index is 2750. The zero-order valence-corrected chi connectivity index (χ0v) is 31.0. The van der Waals surface area contributed by atoms with Gasteiger partial charge in [-0.2, -0.15) is 0 Å². The first-order valence-electron chi connectivity index (χ1n) is 18.5. The number of fused-ring (bicyclic) bond motifs is 7. The average molecular weight is 712 g/mol. The third kappa shape index (κ3) is 5.21. The number of hydrogen-bond acceptors (Lipinski definition) is 4. The largest absolute Gasteiger partial charge is 0.310 e. The molecule has 0 spiro atoms. The number of thiazole rings is 1. The second-order valence-corrected chi connectivity index (χ2v) is 15.4. The van der Waals surface area contributed by atoms with Gasteiger partial charge in [-0.3, -0.25) is 0 Å². The van der Waals surface area contributed by atoms with Gasteiger partial charge < -0.3 is 9.80 Å². The third-order valence-electron chi connectivity index (χ3n) is 10.8. The fourth-order valence-electron chi connectivity index (χ4n) is 8.41. The average Bonchev–Trinajstić information content (AvgIpc) is 3.77. The summed E-state index contributed by atoms with van der Waals surface area (Å²) in [6.45, 7) is 4.77. The second-order valence-electron chi connectivity index (χ2n) is 14.4. The highest BCUT2D eigenvalue weighted by Crippen LogP contribution is 2.58. The Balaban J connectivity index is 1.27. The summed E-state index contributed by atoms with van der Waals surface area (Å²) in [7, 11) is 0. The van der Waals surface area contributed by atoms with Crippen molar-refractivity contribution in [2.24, 2.45) is 0 Å². The fourth-order valence-corrected chi connectivity index (χ4v) is 9.49. The Labute approximate surface area is 320 Å². The van der Waals surface area contributed by atoms with Gasteiger partial charge in [-0.25, -0.2) is 4.98 Å². The van der Waals surface area contributed by atoms with Crippen LogP contribution in [0.5, 0.6) is 0 Å². The lowest BCUT2D eigenvalue weighted by Crippen LogP contribution is -2.17. The van der Waals surface area contributed by atoms with Crippen LogP contribution in [-0.2, 0) is 5.41 Å². The van der Waals surface area contributed by atoms with Gasteiger partial charge in [0.05, 0.1) is 15.9 Å². The molecule has 1 aliphatic rings. The van der Waals surface area contributed by atoms with Crippen LogP contribution in [0.15, 0.2) is 188 Å². The summed E-state index contributed by atoms with van der Waals surface area (Å²) in [6, 6.07) is 67.6. The molecule has 0 saturated carbocycles. The first-order chi connectivity index (χ1) is 26.6. The van der Waals surface area contributed by atoms with Gasteiger partial charge in [-0.05, 0) is 88.8 Å². The zero-order valence-electron chi connectivity index (χ0n) is 30.1. The highest BCUT2D eigenvalue weighted by molar-refractivity contribution is 7.22. The first-order valence-corrected chi connectivity index (χ1v) is 19.3. The summed E-state index contributed by atoms with van der Waals surface area (Å²) >= 11 is 1.79. The van der Waals surface area contributed by atoms with Crippen LogP contribution in [0, 0.1) is 0 Å².